The molecule has 0 saturated carbocycles. The Hall–Kier alpha value is -1.90. The lowest BCUT2D eigenvalue weighted by Gasteiger charge is -2.27. The monoisotopic (exact) mass is 324 g/mol. The predicted octanol–water partition coefficient (Wildman–Crippen LogP) is 1.27. The van der Waals surface area contributed by atoms with E-state index < -0.39 is 10.0 Å². The third-order valence-corrected chi connectivity index (χ3v) is 5.88. The second kappa shape index (κ2) is 5.08. The highest BCUT2D eigenvalue weighted by molar-refractivity contribution is 7.93. The van der Waals surface area contributed by atoms with Gasteiger partial charge in [0.25, 0.3) is 10.0 Å². The van der Waals surface area contributed by atoms with Gasteiger partial charge in [-0.1, -0.05) is 0 Å². The minimum absolute atomic E-state index is 0.104. The van der Waals surface area contributed by atoms with Crippen molar-refractivity contribution in [3.8, 4) is 0 Å². The summed E-state index contributed by atoms with van der Waals surface area (Å²) in [5.41, 5.74) is 1.17. The van der Waals surface area contributed by atoms with Crippen LogP contribution in [0.25, 0.3) is 0 Å². The number of rotatable bonds is 3. The highest BCUT2D eigenvalue weighted by atomic mass is 32.2. The molecule has 2 aromatic heterocycles. The molecule has 0 N–H and O–H groups in total. The predicted molar refractivity (Wildman–Crippen MR) is 81.3 cm³/mol. The van der Waals surface area contributed by atoms with Crippen LogP contribution < -0.4 is 4.31 Å². The Morgan fingerprint density at radius 1 is 1.23 bits per heavy atom. The molecule has 8 nitrogen and oxygen atoms in total. The van der Waals surface area contributed by atoms with Gasteiger partial charge in [0.15, 0.2) is 0 Å². The van der Waals surface area contributed by atoms with Crippen LogP contribution in [0.4, 0.5) is 5.95 Å². The number of fused-ring (bicyclic) bond motifs is 1. The van der Waals surface area contributed by atoms with Crippen molar-refractivity contribution in [3.63, 3.8) is 0 Å². The molecular formula is C13H20N6O2S. The van der Waals surface area contributed by atoms with E-state index in [4.69, 9.17) is 0 Å². The van der Waals surface area contributed by atoms with E-state index in [1.54, 1.807) is 23.2 Å². The Kier molecular flexibility index (Phi) is 3.47. The average molecular weight is 324 g/mol. The smallest absolute Gasteiger partial charge is 0.266 e. The topological polar surface area (TPSA) is 85.9 Å². The molecule has 0 fully saturated rings. The third kappa shape index (κ3) is 2.11. The maximum Gasteiger partial charge on any atom is 0.270 e. The minimum atomic E-state index is -3.69. The highest BCUT2D eigenvalue weighted by Crippen LogP contribution is 2.29. The summed E-state index contributed by atoms with van der Waals surface area (Å²) in [6, 6.07) is 0.104. The minimum Gasteiger partial charge on any atom is -0.266 e. The fraction of sp³-hybridized carbons (Fsp3) is 0.615. The van der Waals surface area contributed by atoms with Gasteiger partial charge in [-0.05, 0) is 34.1 Å². The Morgan fingerprint density at radius 2 is 1.95 bits per heavy atom. The number of hydrogen-bond donors (Lipinski definition) is 0. The number of aryl methyl sites for hydroxylation is 2. The lowest BCUT2D eigenvalue weighted by molar-refractivity contribution is 0.513. The third-order valence-electron chi connectivity index (χ3n) is 3.85. The standard InChI is InChI=1S/C13H20N6O2S/c1-9(2)19-11(4)12(10(3)16-19)22(20,21)18-7-5-6-17-13(18)14-8-15-17/h8-9H,5-7H2,1-4H3. The molecule has 0 atom stereocenters. The van der Waals surface area contributed by atoms with Crippen LogP contribution in [0.5, 0.6) is 0 Å². The van der Waals surface area contributed by atoms with Gasteiger partial charge in [0.05, 0.1) is 11.4 Å². The van der Waals surface area contributed by atoms with Crippen LogP contribution in [0, 0.1) is 13.8 Å². The van der Waals surface area contributed by atoms with Crippen molar-refractivity contribution in [2.24, 2.45) is 0 Å². The van der Waals surface area contributed by atoms with Crippen molar-refractivity contribution in [1.29, 1.82) is 0 Å². The summed E-state index contributed by atoms with van der Waals surface area (Å²) in [6.45, 7) is 8.58. The van der Waals surface area contributed by atoms with Crippen molar-refractivity contribution in [2.75, 3.05) is 10.8 Å². The van der Waals surface area contributed by atoms with Gasteiger partial charge in [0, 0.05) is 19.1 Å². The molecule has 22 heavy (non-hydrogen) atoms. The van der Waals surface area contributed by atoms with Gasteiger partial charge in [-0.15, -0.1) is 0 Å². The Balaban J connectivity index is 2.13. The molecule has 0 bridgehead atoms. The lowest BCUT2D eigenvalue weighted by atomic mass is 10.3. The summed E-state index contributed by atoms with van der Waals surface area (Å²) in [6.07, 6.45) is 2.10. The van der Waals surface area contributed by atoms with Crippen molar-refractivity contribution in [2.45, 2.75) is 51.6 Å². The van der Waals surface area contributed by atoms with E-state index in [0.717, 1.165) is 0 Å². The number of anilines is 1. The van der Waals surface area contributed by atoms with Gasteiger partial charge in [-0.25, -0.2) is 17.4 Å². The number of nitrogens with zero attached hydrogens (tertiary/aromatic N) is 6. The van der Waals surface area contributed by atoms with Gasteiger partial charge in [-0.3, -0.25) is 4.68 Å². The average Bonchev–Trinajstić information content (AvgIpc) is 3.02. The van der Waals surface area contributed by atoms with Crippen molar-refractivity contribution < 1.29 is 8.42 Å². The van der Waals surface area contributed by atoms with Crippen molar-refractivity contribution in [1.82, 2.24) is 24.5 Å². The van der Waals surface area contributed by atoms with Crippen molar-refractivity contribution >= 4 is 16.0 Å². The van der Waals surface area contributed by atoms with E-state index >= 15 is 0 Å². The van der Waals surface area contributed by atoms with Crippen molar-refractivity contribution in [3.05, 3.63) is 17.7 Å². The molecule has 0 aliphatic carbocycles. The second-order valence-corrected chi connectivity index (χ2v) is 7.55. The molecule has 0 amide bonds. The zero-order valence-electron chi connectivity index (χ0n) is 13.2. The molecule has 1 aliphatic heterocycles. The van der Waals surface area contributed by atoms with Crippen LogP contribution in [0.1, 0.15) is 37.7 Å². The van der Waals surface area contributed by atoms with Crippen LogP contribution >= 0.6 is 0 Å². The first-order valence-corrected chi connectivity index (χ1v) is 8.74. The van der Waals surface area contributed by atoms with E-state index in [1.807, 2.05) is 13.8 Å². The lowest BCUT2D eigenvalue weighted by Crippen LogP contribution is -2.38. The summed E-state index contributed by atoms with van der Waals surface area (Å²) in [7, 11) is -3.69. The fourth-order valence-corrected chi connectivity index (χ4v) is 4.76. The van der Waals surface area contributed by atoms with Gasteiger partial charge >= 0.3 is 0 Å². The van der Waals surface area contributed by atoms with Crippen LogP contribution in [-0.2, 0) is 16.6 Å². The number of sulfonamides is 1. The van der Waals surface area contributed by atoms with Crippen LogP contribution in [0.3, 0.4) is 0 Å². The SMILES string of the molecule is Cc1nn(C(C)C)c(C)c1S(=O)(=O)N1CCCn2ncnc21. The number of hydrogen-bond acceptors (Lipinski definition) is 5. The molecule has 3 heterocycles. The molecule has 0 saturated heterocycles. The molecule has 0 unspecified atom stereocenters. The van der Waals surface area contributed by atoms with Gasteiger partial charge in [0.2, 0.25) is 5.95 Å². The van der Waals surface area contributed by atoms with E-state index in [-0.39, 0.29) is 10.9 Å². The Labute approximate surface area is 129 Å². The van der Waals surface area contributed by atoms with E-state index in [1.165, 1.54) is 10.6 Å². The fourth-order valence-electron chi connectivity index (χ4n) is 2.93. The van der Waals surface area contributed by atoms with E-state index in [9.17, 15) is 8.42 Å². The summed E-state index contributed by atoms with van der Waals surface area (Å²) in [5.74, 6) is 0.377. The van der Waals surface area contributed by atoms with E-state index in [2.05, 4.69) is 15.2 Å². The molecule has 0 radical (unpaired) electrons. The summed E-state index contributed by atoms with van der Waals surface area (Å²) >= 11 is 0. The summed E-state index contributed by atoms with van der Waals surface area (Å²) in [5, 5.41) is 8.45. The zero-order chi connectivity index (χ0) is 16.1. The Morgan fingerprint density at radius 3 is 2.59 bits per heavy atom. The Bertz CT molecular complexity index is 805. The molecule has 2 aromatic rings. The molecule has 0 aromatic carbocycles. The largest absolute Gasteiger partial charge is 0.270 e. The van der Waals surface area contributed by atoms with Gasteiger partial charge < -0.3 is 0 Å². The summed E-state index contributed by atoms with van der Waals surface area (Å²) < 4.78 is 30.9. The molecule has 120 valence electrons. The highest BCUT2D eigenvalue weighted by Gasteiger charge is 2.35. The molecule has 1 aliphatic rings. The maximum absolute atomic E-state index is 13.1. The first-order valence-electron chi connectivity index (χ1n) is 7.30. The molecule has 9 heteroatoms. The van der Waals surface area contributed by atoms with Crippen LogP contribution in [-0.4, -0.2) is 39.5 Å². The zero-order valence-corrected chi connectivity index (χ0v) is 14.0. The van der Waals surface area contributed by atoms with Gasteiger partial charge in [-0.2, -0.15) is 15.2 Å². The normalized spacial score (nSPS) is 15.4. The van der Waals surface area contributed by atoms with Gasteiger partial charge in [0.1, 0.15) is 11.2 Å². The van der Waals surface area contributed by atoms with E-state index in [0.29, 0.717) is 36.8 Å². The quantitative estimate of drug-likeness (QED) is 0.848. The molecule has 0 spiro atoms. The first kappa shape index (κ1) is 15.0. The first-order chi connectivity index (χ1) is 10.3. The number of aromatic nitrogens is 5. The molecular weight excluding hydrogens is 304 g/mol. The second-order valence-electron chi connectivity index (χ2n) is 5.75. The summed E-state index contributed by atoms with van der Waals surface area (Å²) in [4.78, 5) is 4.38. The van der Waals surface area contributed by atoms with Crippen LogP contribution in [0.15, 0.2) is 11.2 Å². The molecule has 3 rings (SSSR count). The maximum atomic E-state index is 13.1. The van der Waals surface area contributed by atoms with Crippen LogP contribution in [0.2, 0.25) is 0 Å².